The second kappa shape index (κ2) is 11.9. The van der Waals surface area contributed by atoms with Crippen LogP contribution in [0.5, 0.6) is 0 Å². The van der Waals surface area contributed by atoms with Gasteiger partial charge in [-0.3, -0.25) is 0 Å². The Balaban J connectivity index is 3.87. The second-order valence-electron chi connectivity index (χ2n) is 8.22. The van der Waals surface area contributed by atoms with Gasteiger partial charge in [-0.05, 0) is 12.1 Å². The Morgan fingerprint density at radius 3 is 1.19 bits per heavy atom. The van der Waals surface area contributed by atoms with Gasteiger partial charge in [-0.15, -0.1) is 0 Å². The SMILES string of the molecule is CCCCCCC[Si](C)(C)N[Si](C)(C)CCCCCCC. The van der Waals surface area contributed by atoms with E-state index in [1.807, 2.05) is 0 Å². The molecule has 0 saturated heterocycles. The summed E-state index contributed by atoms with van der Waals surface area (Å²) in [4.78, 5) is 0. The van der Waals surface area contributed by atoms with Gasteiger partial charge in [0.25, 0.3) is 0 Å². The van der Waals surface area contributed by atoms with Crippen LogP contribution in [0.3, 0.4) is 0 Å². The van der Waals surface area contributed by atoms with Crippen LogP contribution in [0.4, 0.5) is 0 Å². The highest BCUT2D eigenvalue weighted by atomic mass is 28.4. The molecular formula is C18H43NSi2. The summed E-state index contributed by atoms with van der Waals surface area (Å²) in [6.45, 7) is 14.8. The lowest BCUT2D eigenvalue weighted by Gasteiger charge is -2.35. The van der Waals surface area contributed by atoms with E-state index in [9.17, 15) is 0 Å². The molecular weight excluding hydrogens is 286 g/mol. The summed E-state index contributed by atoms with van der Waals surface area (Å²) in [6, 6.07) is 2.95. The van der Waals surface area contributed by atoms with Crippen LogP contribution in [0, 0.1) is 0 Å². The van der Waals surface area contributed by atoms with Crippen molar-refractivity contribution in [3.05, 3.63) is 0 Å². The quantitative estimate of drug-likeness (QED) is 0.269. The molecule has 0 unspecified atom stereocenters. The van der Waals surface area contributed by atoms with Gasteiger partial charge < -0.3 is 4.65 Å². The molecule has 0 aliphatic heterocycles. The topological polar surface area (TPSA) is 12.0 Å². The van der Waals surface area contributed by atoms with Gasteiger partial charge in [-0.25, -0.2) is 0 Å². The predicted molar refractivity (Wildman–Crippen MR) is 105 cm³/mol. The molecule has 0 aromatic carbocycles. The number of rotatable bonds is 14. The number of hydrogen-bond donors (Lipinski definition) is 1. The smallest absolute Gasteiger partial charge is 0.112 e. The van der Waals surface area contributed by atoms with Crippen LogP contribution in [0.15, 0.2) is 0 Å². The van der Waals surface area contributed by atoms with Gasteiger partial charge in [-0.1, -0.05) is 104 Å². The van der Waals surface area contributed by atoms with Crippen molar-refractivity contribution in [1.29, 1.82) is 0 Å². The highest BCUT2D eigenvalue weighted by molar-refractivity contribution is 6.91. The average molecular weight is 330 g/mol. The van der Waals surface area contributed by atoms with Crippen molar-refractivity contribution >= 4 is 16.5 Å². The maximum Gasteiger partial charge on any atom is 0.112 e. The first-order valence-electron chi connectivity index (χ1n) is 9.62. The molecule has 0 rings (SSSR count). The third-order valence-corrected chi connectivity index (χ3v) is 13.1. The molecule has 0 aromatic rings. The summed E-state index contributed by atoms with van der Waals surface area (Å²) < 4.78 is 4.19. The summed E-state index contributed by atoms with van der Waals surface area (Å²) in [5.74, 6) is 0. The Morgan fingerprint density at radius 1 is 0.524 bits per heavy atom. The number of unbranched alkanes of at least 4 members (excludes halogenated alkanes) is 8. The van der Waals surface area contributed by atoms with Crippen molar-refractivity contribution in [3.63, 3.8) is 0 Å². The van der Waals surface area contributed by atoms with E-state index in [0.717, 1.165) is 0 Å². The first-order chi connectivity index (χ1) is 9.83. The molecule has 0 bridgehead atoms. The summed E-state index contributed by atoms with van der Waals surface area (Å²) in [7, 11) is -2.33. The van der Waals surface area contributed by atoms with Crippen molar-refractivity contribution in [3.8, 4) is 0 Å². The van der Waals surface area contributed by atoms with Gasteiger partial charge >= 0.3 is 0 Å². The zero-order valence-corrected chi connectivity index (χ0v) is 18.0. The first-order valence-corrected chi connectivity index (χ1v) is 16.0. The third-order valence-electron chi connectivity index (χ3n) is 4.49. The van der Waals surface area contributed by atoms with Crippen LogP contribution in [-0.2, 0) is 0 Å². The van der Waals surface area contributed by atoms with Crippen LogP contribution in [0.2, 0.25) is 38.3 Å². The molecule has 1 nitrogen and oxygen atoms in total. The zero-order valence-electron chi connectivity index (χ0n) is 16.0. The molecule has 0 amide bonds. The van der Waals surface area contributed by atoms with Crippen molar-refractivity contribution in [2.45, 2.75) is 116 Å². The minimum Gasteiger partial charge on any atom is -0.359 e. The normalized spacial score (nSPS) is 12.9. The molecule has 0 saturated carbocycles. The Labute approximate surface area is 137 Å². The van der Waals surface area contributed by atoms with Crippen molar-refractivity contribution in [2.75, 3.05) is 0 Å². The minimum absolute atomic E-state index is 1.16. The fourth-order valence-corrected chi connectivity index (χ4v) is 14.0. The molecule has 128 valence electrons. The second-order valence-corrected chi connectivity index (χ2v) is 17.8. The molecule has 0 spiro atoms. The van der Waals surface area contributed by atoms with Crippen molar-refractivity contribution in [2.24, 2.45) is 0 Å². The van der Waals surface area contributed by atoms with Crippen molar-refractivity contribution < 1.29 is 0 Å². The van der Waals surface area contributed by atoms with E-state index in [1.54, 1.807) is 0 Å². The van der Waals surface area contributed by atoms with E-state index in [0.29, 0.717) is 0 Å². The van der Waals surface area contributed by atoms with E-state index in [-0.39, 0.29) is 0 Å². The van der Waals surface area contributed by atoms with Crippen LogP contribution in [0.25, 0.3) is 0 Å². The Morgan fingerprint density at radius 2 is 0.857 bits per heavy atom. The van der Waals surface area contributed by atoms with Gasteiger partial charge in [-0.2, -0.15) is 0 Å². The van der Waals surface area contributed by atoms with Crippen molar-refractivity contribution in [1.82, 2.24) is 4.65 Å². The number of nitrogens with one attached hydrogen (secondary N) is 1. The van der Waals surface area contributed by atoms with E-state index < -0.39 is 16.5 Å². The largest absolute Gasteiger partial charge is 0.359 e. The molecule has 0 fully saturated rings. The van der Waals surface area contributed by atoms with E-state index in [1.165, 1.54) is 76.3 Å². The predicted octanol–water partition coefficient (Wildman–Crippen LogP) is 6.93. The highest BCUT2D eigenvalue weighted by Gasteiger charge is 2.30. The Hall–Kier alpha value is 0.394. The molecule has 21 heavy (non-hydrogen) atoms. The van der Waals surface area contributed by atoms with Crippen LogP contribution in [-0.4, -0.2) is 16.5 Å². The maximum absolute atomic E-state index is 4.19. The molecule has 0 aliphatic rings. The minimum atomic E-state index is -1.16. The van der Waals surface area contributed by atoms with Gasteiger partial charge in [0.2, 0.25) is 0 Å². The van der Waals surface area contributed by atoms with E-state index in [4.69, 9.17) is 0 Å². The summed E-state index contributed by atoms with van der Waals surface area (Å²) in [5.41, 5.74) is 0. The van der Waals surface area contributed by atoms with Gasteiger partial charge in [0, 0.05) is 0 Å². The molecule has 0 aliphatic carbocycles. The molecule has 0 radical (unpaired) electrons. The fraction of sp³-hybridized carbons (Fsp3) is 1.00. The summed E-state index contributed by atoms with van der Waals surface area (Å²) in [6.07, 6.45) is 14.3. The number of hydrogen-bond acceptors (Lipinski definition) is 1. The highest BCUT2D eigenvalue weighted by Crippen LogP contribution is 2.20. The summed E-state index contributed by atoms with van der Waals surface area (Å²) in [5, 5.41) is 0. The maximum atomic E-state index is 4.19. The Kier molecular flexibility index (Phi) is 12.1. The van der Waals surface area contributed by atoms with Crippen LogP contribution in [0.1, 0.15) is 78.1 Å². The van der Waals surface area contributed by atoms with Gasteiger partial charge in [0.05, 0.1) is 0 Å². The summed E-state index contributed by atoms with van der Waals surface area (Å²) >= 11 is 0. The monoisotopic (exact) mass is 329 g/mol. The van der Waals surface area contributed by atoms with Crippen LogP contribution < -0.4 is 4.65 Å². The third kappa shape index (κ3) is 13.8. The van der Waals surface area contributed by atoms with E-state index in [2.05, 4.69) is 44.7 Å². The van der Waals surface area contributed by atoms with Crippen LogP contribution >= 0.6 is 0 Å². The van der Waals surface area contributed by atoms with Gasteiger partial charge in [0.1, 0.15) is 16.5 Å². The molecule has 1 N–H and O–H groups in total. The lowest BCUT2D eigenvalue weighted by atomic mass is 10.2. The average Bonchev–Trinajstić information content (AvgIpc) is 2.36. The standard InChI is InChI=1S/C18H43NSi2/c1-7-9-11-13-15-17-20(3,4)19-21(5,6)18-16-14-12-10-8-2/h19H,7-18H2,1-6H3. The lowest BCUT2D eigenvalue weighted by Crippen LogP contribution is -2.58. The zero-order chi connectivity index (χ0) is 16.2. The molecule has 0 heterocycles. The molecule has 3 heteroatoms. The first kappa shape index (κ1) is 21.4. The Bertz CT molecular complexity index is 215. The lowest BCUT2D eigenvalue weighted by molar-refractivity contribution is 0.649. The molecule has 0 aromatic heterocycles. The fourth-order valence-electron chi connectivity index (χ4n) is 3.38. The van der Waals surface area contributed by atoms with Gasteiger partial charge in [0.15, 0.2) is 0 Å². The molecule has 0 atom stereocenters. The van der Waals surface area contributed by atoms with E-state index >= 15 is 0 Å².